The van der Waals surface area contributed by atoms with Gasteiger partial charge in [0.25, 0.3) is 0 Å². The summed E-state index contributed by atoms with van der Waals surface area (Å²) < 4.78 is 28.4. The molecule has 1 fully saturated rings. The molecule has 0 amide bonds. The molecule has 79 heavy (non-hydrogen) atoms. The van der Waals surface area contributed by atoms with Crippen molar-refractivity contribution in [3.05, 3.63) is 85.1 Å². The zero-order chi connectivity index (χ0) is 57.5. The number of hydrogen-bond donors (Lipinski definition) is 3. The molecule has 6 atom stereocenters. The lowest BCUT2D eigenvalue weighted by molar-refractivity contribution is -0.301. The molecule has 1 heterocycles. The third kappa shape index (κ3) is 44.3. The first kappa shape index (κ1) is 72.9. The van der Waals surface area contributed by atoms with Gasteiger partial charge in [-0.15, -0.1) is 0 Å². The van der Waals surface area contributed by atoms with Gasteiger partial charge < -0.3 is 39.0 Å². The third-order valence-corrected chi connectivity index (χ3v) is 14.0. The van der Waals surface area contributed by atoms with Crippen LogP contribution in [0.3, 0.4) is 0 Å². The molecule has 1 saturated heterocycles. The average molecular weight is 1110 g/mol. The summed E-state index contributed by atoms with van der Waals surface area (Å²) in [4.78, 5) is 51.2. The summed E-state index contributed by atoms with van der Waals surface area (Å²) in [5, 5.41) is 31.5. The molecule has 452 valence electrons. The van der Waals surface area contributed by atoms with Crippen LogP contribution in [0.1, 0.15) is 265 Å². The van der Waals surface area contributed by atoms with Crippen LogP contribution in [0.4, 0.5) is 0 Å². The predicted octanol–water partition coefficient (Wildman–Crippen LogP) is 16.7. The molecule has 0 spiro atoms. The maximum atomic E-state index is 13.2. The maximum absolute atomic E-state index is 13.2. The molecule has 0 bridgehead atoms. The van der Waals surface area contributed by atoms with Gasteiger partial charge in [0, 0.05) is 12.8 Å². The van der Waals surface area contributed by atoms with Gasteiger partial charge in [0.1, 0.15) is 18.8 Å². The highest BCUT2D eigenvalue weighted by molar-refractivity contribution is 5.74. The number of carbonyl (C=O) groups excluding carboxylic acids is 3. The molecule has 0 aromatic carbocycles. The summed E-state index contributed by atoms with van der Waals surface area (Å²) in [5.41, 5.74) is 0. The van der Waals surface area contributed by atoms with E-state index < -0.39 is 67.3 Å². The van der Waals surface area contributed by atoms with E-state index in [9.17, 15) is 34.5 Å². The van der Waals surface area contributed by atoms with E-state index in [4.69, 9.17) is 23.7 Å². The summed E-state index contributed by atoms with van der Waals surface area (Å²) >= 11 is 0. The molecule has 1 aliphatic heterocycles. The summed E-state index contributed by atoms with van der Waals surface area (Å²) in [7, 11) is 0. The normalized spacial score (nSPS) is 18.4. The molecule has 3 N–H and O–H groups in total. The second-order valence-corrected chi connectivity index (χ2v) is 21.3. The van der Waals surface area contributed by atoms with Crippen LogP contribution >= 0.6 is 0 Å². The number of carbonyl (C=O) groups is 4. The van der Waals surface area contributed by atoms with Gasteiger partial charge in [0.2, 0.25) is 0 Å². The Labute approximate surface area is 480 Å². The number of allylic oxidation sites excluding steroid dienone is 13. The first-order valence-electron chi connectivity index (χ1n) is 31.6. The number of aliphatic hydroxyl groups is 2. The van der Waals surface area contributed by atoms with Crippen molar-refractivity contribution >= 4 is 23.9 Å². The second-order valence-electron chi connectivity index (χ2n) is 21.3. The molecule has 0 aromatic rings. The fourth-order valence-corrected chi connectivity index (χ4v) is 9.14. The summed E-state index contributed by atoms with van der Waals surface area (Å²) in [6, 6.07) is 0. The van der Waals surface area contributed by atoms with Crippen LogP contribution in [0.5, 0.6) is 0 Å². The smallest absolute Gasteiger partial charge is 0.335 e. The van der Waals surface area contributed by atoms with Crippen LogP contribution in [0.15, 0.2) is 85.1 Å². The number of carboxylic acid groups (broad SMARTS) is 1. The first-order valence-corrected chi connectivity index (χ1v) is 31.6. The van der Waals surface area contributed by atoms with E-state index in [0.717, 1.165) is 83.5 Å². The number of carboxylic acids is 1. The molecular formula is C67H112O12. The Morgan fingerprint density at radius 1 is 0.443 bits per heavy atom. The first-order chi connectivity index (χ1) is 38.6. The summed E-state index contributed by atoms with van der Waals surface area (Å²) in [6.45, 7) is 5.84. The maximum Gasteiger partial charge on any atom is 0.335 e. The number of aliphatic hydroxyl groups excluding tert-OH is 2. The fraction of sp³-hybridized carbons (Fsp3) is 0.731. The highest BCUT2D eigenvalue weighted by Gasteiger charge is 2.50. The number of hydrogen-bond acceptors (Lipinski definition) is 11. The van der Waals surface area contributed by atoms with Crippen molar-refractivity contribution in [2.45, 2.75) is 302 Å². The molecule has 1 aliphatic rings. The SMILES string of the molecule is CC/C=C\C/C=C\C/C=C\C/C=C\C/C=C\CC(=O)OC1C(OCC(COC(=O)CCCCCCCCC/C=C\CCCCCCCC)OC(=O)CCCCCCCCC/C=C\CCCCCCCC)OC(C(=O)O)C(O)C1O. The quantitative estimate of drug-likeness (QED) is 0.0228. The van der Waals surface area contributed by atoms with Crippen molar-refractivity contribution in [2.24, 2.45) is 0 Å². The zero-order valence-corrected chi connectivity index (χ0v) is 49.8. The lowest BCUT2D eigenvalue weighted by atomic mass is 9.98. The van der Waals surface area contributed by atoms with Crippen LogP contribution < -0.4 is 0 Å². The largest absolute Gasteiger partial charge is 0.479 e. The van der Waals surface area contributed by atoms with E-state index in [1.807, 2.05) is 12.2 Å². The third-order valence-electron chi connectivity index (χ3n) is 14.0. The summed E-state index contributed by atoms with van der Waals surface area (Å²) in [6.07, 6.45) is 58.6. The Morgan fingerprint density at radius 3 is 1.27 bits per heavy atom. The number of unbranched alkanes of at least 4 members (excludes halogenated alkanes) is 26. The van der Waals surface area contributed by atoms with E-state index >= 15 is 0 Å². The fourth-order valence-electron chi connectivity index (χ4n) is 9.14. The standard InChI is InChI=1S/C67H112O12/c1-4-7-10-13-16-19-22-25-28-30-33-35-38-41-44-47-50-53-59(68)75-56-58(77-60(69)54-51-48-45-42-39-37-34-31-29-26-23-20-17-14-11-8-5-2)57-76-67-65(63(72)62(71)64(79-67)66(73)74)78-61(70)55-52-49-46-43-40-36-32-27-24-21-18-15-12-9-6-3/h9,12,18,21,25-29,32,40,43,49,52,58,62-65,67,71-72H,4-8,10-11,13-17,19-20,22-24,30-31,33-39,41-42,44-48,50-51,53-57H2,1-3H3,(H,73,74)/b12-9-,21-18-,28-25-,29-26-,32-27-,43-40-,52-49-. The van der Waals surface area contributed by atoms with E-state index in [1.54, 1.807) is 12.2 Å². The van der Waals surface area contributed by atoms with Gasteiger partial charge in [-0.25, -0.2) is 4.79 Å². The van der Waals surface area contributed by atoms with Crippen LogP contribution in [-0.4, -0.2) is 89.2 Å². The molecule has 1 rings (SSSR count). The minimum Gasteiger partial charge on any atom is -0.479 e. The Balaban J connectivity index is 2.72. The van der Waals surface area contributed by atoms with Gasteiger partial charge in [-0.3, -0.25) is 14.4 Å². The van der Waals surface area contributed by atoms with Gasteiger partial charge in [0.05, 0.1) is 13.0 Å². The predicted molar refractivity (Wildman–Crippen MR) is 321 cm³/mol. The highest BCUT2D eigenvalue weighted by atomic mass is 16.7. The molecule has 12 heteroatoms. The molecule has 0 saturated carbocycles. The lowest BCUT2D eigenvalue weighted by Gasteiger charge is -2.40. The van der Waals surface area contributed by atoms with Gasteiger partial charge in [-0.2, -0.15) is 0 Å². The van der Waals surface area contributed by atoms with Crippen molar-refractivity contribution in [3.63, 3.8) is 0 Å². The number of esters is 3. The van der Waals surface area contributed by atoms with Crippen LogP contribution in [0.2, 0.25) is 0 Å². The Morgan fingerprint density at radius 2 is 0.835 bits per heavy atom. The molecule has 0 radical (unpaired) electrons. The lowest BCUT2D eigenvalue weighted by Crippen LogP contribution is -2.61. The van der Waals surface area contributed by atoms with Crippen molar-refractivity contribution < 1.29 is 58.2 Å². The van der Waals surface area contributed by atoms with E-state index in [2.05, 4.69) is 81.5 Å². The number of aliphatic carboxylic acids is 1. The van der Waals surface area contributed by atoms with Crippen molar-refractivity contribution in [1.29, 1.82) is 0 Å². The van der Waals surface area contributed by atoms with Crippen LogP contribution in [-0.2, 0) is 42.9 Å². The average Bonchev–Trinajstić information content (AvgIpc) is 3.43. The molecular weight excluding hydrogens is 997 g/mol. The monoisotopic (exact) mass is 1110 g/mol. The zero-order valence-electron chi connectivity index (χ0n) is 49.8. The molecule has 0 aromatic heterocycles. The van der Waals surface area contributed by atoms with E-state index in [-0.39, 0.29) is 25.9 Å². The van der Waals surface area contributed by atoms with Crippen molar-refractivity contribution in [3.8, 4) is 0 Å². The van der Waals surface area contributed by atoms with Gasteiger partial charge >= 0.3 is 23.9 Å². The van der Waals surface area contributed by atoms with E-state index in [1.165, 1.54) is 122 Å². The Kier molecular flexibility index (Phi) is 50.3. The topological polar surface area (TPSA) is 175 Å². The second kappa shape index (κ2) is 54.5. The Bertz CT molecular complexity index is 1700. The number of rotatable bonds is 53. The minimum atomic E-state index is -1.94. The molecule has 12 nitrogen and oxygen atoms in total. The Hall–Kier alpha value is -4.10. The highest BCUT2D eigenvalue weighted by Crippen LogP contribution is 2.26. The van der Waals surface area contributed by atoms with Crippen molar-refractivity contribution in [1.82, 2.24) is 0 Å². The summed E-state index contributed by atoms with van der Waals surface area (Å²) in [5.74, 6) is -3.29. The van der Waals surface area contributed by atoms with Gasteiger partial charge in [-0.05, 0) is 96.3 Å². The van der Waals surface area contributed by atoms with Gasteiger partial charge in [-0.1, -0.05) is 234 Å². The molecule has 6 unspecified atom stereocenters. The van der Waals surface area contributed by atoms with Crippen LogP contribution in [0, 0.1) is 0 Å². The van der Waals surface area contributed by atoms with Crippen molar-refractivity contribution in [2.75, 3.05) is 13.2 Å². The minimum absolute atomic E-state index is 0.145. The van der Waals surface area contributed by atoms with Gasteiger partial charge in [0.15, 0.2) is 24.6 Å². The number of ether oxygens (including phenoxy) is 5. The van der Waals surface area contributed by atoms with E-state index in [0.29, 0.717) is 19.3 Å². The van der Waals surface area contributed by atoms with Crippen LogP contribution in [0.25, 0.3) is 0 Å². The molecule has 0 aliphatic carbocycles.